The summed E-state index contributed by atoms with van der Waals surface area (Å²) in [7, 11) is -1.68. The Morgan fingerprint density at radius 3 is 2.50 bits per heavy atom. The first-order valence-corrected chi connectivity index (χ1v) is 10.7. The Morgan fingerprint density at radius 1 is 1.35 bits per heavy atom. The van der Waals surface area contributed by atoms with Crippen molar-refractivity contribution in [1.82, 2.24) is 9.62 Å². The number of methoxy groups -OCH3 is 1. The Hall–Kier alpha value is -1.35. The Labute approximate surface area is 160 Å². The number of hydrogen-bond acceptors (Lipinski definition) is 5. The van der Waals surface area contributed by atoms with Gasteiger partial charge in [-0.2, -0.15) is 0 Å². The maximum Gasteiger partial charge on any atom is 0.241 e. The number of halogens is 1. The zero-order valence-corrected chi connectivity index (χ0v) is 17.1. The molecule has 0 saturated carbocycles. The maximum absolute atomic E-state index is 12.6. The fourth-order valence-electron chi connectivity index (χ4n) is 3.04. The van der Waals surface area contributed by atoms with E-state index in [9.17, 15) is 13.2 Å². The van der Waals surface area contributed by atoms with Crippen LogP contribution >= 0.6 is 11.6 Å². The lowest BCUT2D eigenvalue weighted by atomic mass is 10.0. The summed E-state index contributed by atoms with van der Waals surface area (Å²) in [5.74, 6) is 0.372. The molecule has 0 bridgehead atoms. The average Bonchev–Trinajstić information content (AvgIpc) is 2.56. The molecular formula is C17H26ClN3O4S. The van der Waals surface area contributed by atoms with Crippen LogP contribution in [0.5, 0.6) is 5.75 Å². The summed E-state index contributed by atoms with van der Waals surface area (Å²) in [5.41, 5.74) is 1.43. The standard InChI is InChI=1S/C17H26ClN3O4S/c1-11-9-15(16(25-3)10-14(11)18)19-17(22)12(2)21-7-5-13(6-8-21)20-26(4,23)24/h9-10,12-13,20H,5-8H2,1-4H3,(H,19,22)/t12-/m1/s1. The van der Waals surface area contributed by atoms with Crippen LogP contribution in [0, 0.1) is 6.92 Å². The smallest absolute Gasteiger partial charge is 0.241 e. The lowest BCUT2D eigenvalue weighted by Crippen LogP contribution is -2.50. The third-order valence-electron chi connectivity index (χ3n) is 4.58. The van der Waals surface area contributed by atoms with E-state index in [0.717, 1.165) is 11.8 Å². The van der Waals surface area contributed by atoms with Crippen molar-refractivity contribution >= 4 is 33.2 Å². The number of hydrogen-bond donors (Lipinski definition) is 2. The van der Waals surface area contributed by atoms with Gasteiger partial charge in [-0.1, -0.05) is 11.6 Å². The number of aryl methyl sites for hydroxylation is 1. The Bertz CT molecular complexity index is 762. The van der Waals surface area contributed by atoms with E-state index in [1.54, 1.807) is 12.1 Å². The number of amides is 1. The largest absolute Gasteiger partial charge is 0.495 e. The van der Waals surface area contributed by atoms with Gasteiger partial charge in [-0.05, 0) is 38.3 Å². The summed E-state index contributed by atoms with van der Waals surface area (Å²) >= 11 is 6.10. The molecule has 0 aliphatic carbocycles. The molecule has 1 aromatic rings. The molecular weight excluding hydrogens is 378 g/mol. The van der Waals surface area contributed by atoms with Gasteiger partial charge in [-0.15, -0.1) is 0 Å². The van der Waals surface area contributed by atoms with Crippen LogP contribution < -0.4 is 14.8 Å². The second kappa shape index (κ2) is 8.56. The van der Waals surface area contributed by atoms with Crippen molar-refractivity contribution in [1.29, 1.82) is 0 Å². The Balaban J connectivity index is 1.98. The Kier molecular flexibility index (Phi) is 6.90. The zero-order valence-electron chi connectivity index (χ0n) is 15.5. The number of ether oxygens (including phenoxy) is 1. The van der Waals surface area contributed by atoms with E-state index in [0.29, 0.717) is 42.4 Å². The number of benzene rings is 1. The number of piperidine rings is 1. The third-order valence-corrected chi connectivity index (χ3v) is 5.74. The topological polar surface area (TPSA) is 87.7 Å². The summed E-state index contributed by atoms with van der Waals surface area (Å²) in [6.07, 6.45) is 2.51. The van der Waals surface area contributed by atoms with Crippen LogP contribution in [0.3, 0.4) is 0 Å². The van der Waals surface area contributed by atoms with Crippen molar-refractivity contribution in [2.45, 2.75) is 38.8 Å². The molecule has 26 heavy (non-hydrogen) atoms. The van der Waals surface area contributed by atoms with Crippen LogP contribution in [0.1, 0.15) is 25.3 Å². The van der Waals surface area contributed by atoms with Gasteiger partial charge in [0.15, 0.2) is 0 Å². The van der Waals surface area contributed by atoms with Crippen LogP contribution in [0.4, 0.5) is 5.69 Å². The molecule has 2 rings (SSSR count). The highest BCUT2D eigenvalue weighted by Gasteiger charge is 2.28. The molecule has 1 heterocycles. The molecule has 146 valence electrons. The molecule has 1 fully saturated rings. The minimum absolute atomic E-state index is 0.0736. The van der Waals surface area contributed by atoms with Gasteiger partial charge in [-0.25, -0.2) is 13.1 Å². The quantitative estimate of drug-likeness (QED) is 0.758. The van der Waals surface area contributed by atoms with Gasteiger partial charge in [0.05, 0.1) is 25.1 Å². The number of sulfonamides is 1. The summed E-state index contributed by atoms with van der Waals surface area (Å²) in [4.78, 5) is 14.7. The number of carbonyl (C=O) groups is 1. The van der Waals surface area contributed by atoms with E-state index in [-0.39, 0.29) is 18.0 Å². The monoisotopic (exact) mass is 403 g/mol. The van der Waals surface area contributed by atoms with Gasteiger partial charge in [0, 0.05) is 30.2 Å². The molecule has 9 heteroatoms. The third kappa shape index (κ3) is 5.57. The van der Waals surface area contributed by atoms with E-state index < -0.39 is 10.0 Å². The van der Waals surface area contributed by atoms with Crippen molar-refractivity contribution in [2.75, 3.05) is 31.8 Å². The fourth-order valence-corrected chi connectivity index (χ4v) is 4.04. The number of nitrogens with zero attached hydrogens (tertiary/aromatic N) is 1. The van der Waals surface area contributed by atoms with Crippen LogP contribution in [0.15, 0.2) is 12.1 Å². The van der Waals surface area contributed by atoms with E-state index in [1.807, 2.05) is 18.7 Å². The number of anilines is 1. The van der Waals surface area contributed by atoms with Crippen LogP contribution in [0.2, 0.25) is 5.02 Å². The van der Waals surface area contributed by atoms with Crippen molar-refractivity contribution in [3.05, 3.63) is 22.7 Å². The molecule has 0 radical (unpaired) electrons. The first-order valence-electron chi connectivity index (χ1n) is 8.47. The first kappa shape index (κ1) is 21.0. The van der Waals surface area contributed by atoms with E-state index in [1.165, 1.54) is 7.11 Å². The second-order valence-corrected chi connectivity index (χ2v) is 8.85. The SMILES string of the molecule is COc1cc(Cl)c(C)cc1NC(=O)[C@@H](C)N1CCC(NS(C)(=O)=O)CC1. The first-order chi connectivity index (χ1) is 12.1. The van der Waals surface area contributed by atoms with Crippen molar-refractivity contribution in [2.24, 2.45) is 0 Å². The van der Waals surface area contributed by atoms with Gasteiger partial charge < -0.3 is 10.1 Å². The van der Waals surface area contributed by atoms with Gasteiger partial charge >= 0.3 is 0 Å². The number of nitrogens with one attached hydrogen (secondary N) is 2. The van der Waals surface area contributed by atoms with Gasteiger partial charge in [0.25, 0.3) is 0 Å². The summed E-state index contributed by atoms with van der Waals surface area (Å²) in [6, 6.07) is 3.05. The zero-order chi connectivity index (χ0) is 19.5. The van der Waals surface area contributed by atoms with Gasteiger partial charge in [0.2, 0.25) is 15.9 Å². The molecule has 1 aliphatic heterocycles. The fraction of sp³-hybridized carbons (Fsp3) is 0.588. The molecule has 1 amide bonds. The summed E-state index contributed by atoms with van der Waals surface area (Å²) in [5, 5.41) is 3.48. The summed E-state index contributed by atoms with van der Waals surface area (Å²) in [6.45, 7) is 5.01. The number of carbonyl (C=O) groups excluding carboxylic acids is 1. The maximum atomic E-state index is 12.6. The highest BCUT2D eigenvalue weighted by Crippen LogP contribution is 2.31. The molecule has 1 aliphatic rings. The minimum atomic E-state index is -3.21. The number of rotatable bonds is 6. The lowest BCUT2D eigenvalue weighted by molar-refractivity contribution is -0.121. The van der Waals surface area contributed by atoms with Crippen molar-refractivity contribution in [3.63, 3.8) is 0 Å². The summed E-state index contributed by atoms with van der Waals surface area (Å²) < 4.78 is 30.6. The molecule has 0 unspecified atom stereocenters. The van der Waals surface area contributed by atoms with Crippen molar-refractivity contribution < 1.29 is 17.9 Å². The van der Waals surface area contributed by atoms with E-state index in [2.05, 4.69) is 10.0 Å². The average molecular weight is 404 g/mol. The molecule has 0 aromatic heterocycles. The molecule has 2 N–H and O–H groups in total. The van der Waals surface area contributed by atoms with E-state index in [4.69, 9.17) is 16.3 Å². The van der Waals surface area contributed by atoms with Gasteiger partial charge in [0.1, 0.15) is 5.75 Å². The normalized spacial score (nSPS) is 17.7. The Morgan fingerprint density at radius 2 is 1.96 bits per heavy atom. The minimum Gasteiger partial charge on any atom is -0.495 e. The second-order valence-electron chi connectivity index (χ2n) is 6.67. The predicted molar refractivity (Wildman–Crippen MR) is 103 cm³/mol. The predicted octanol–water partition coefficient (Wildman–Crippen LogP) is 2.00. The van der Waals surface area contributed by atoms with Gasteiger partial charge in [-0.3, -0.25) is 9.69 Å². The van der Waals surface area contributed by atoms with Crippen molar-refractivity contribution in [3.8, 4) is 5.75 Å². The highest BCUT2D eigenvalue weighted by molar-refractivity contribution is 7.88. The number of likely N-dealkylation sites (tertiary alicyclic amines) is 1. The van der Waals surface area contributed by atoms with E-state index >= 15 is 0 Å². The van der Waals surface area contributed by atoms with Crippen LogP contribution in [-0.2, 0) is 14.8 Å². The molecule has 7 nitrogen and oxygen atoms in total. The highest BCUT2D eigenvalue weighted by atomic mass is 35.5. The molecule has 1 atom stereocenters. The molecule has 1 saturated heterocycles. The van der Waals surface area contributed by atoms with Crippen LogP contribution in [0.25, 0.3) is 0 Å². The molecule has 1 aromatic carbocycles. The lowest BCUT2D eigenvalue weighted by Gasteiger charge is -2.35. The van der Waals surface area contributed by atoms with Crippen LogP contribution in [-0.4, -0.2) is 57.8 Å². The molecule has 0 spiro atoms.